The fraction of sp³-hybridized carbons (Fsp3) is 0.182. The molecule has 5 heteroatoms. The number of carbonyl (C=O) groups is 1. The number of hydrogen-bond donors (Lipinski definition) is 0. The summed E-state index contributed by atoms with van der Waals surface area (Å²) >= 11 is 0. The lowest BCUT2D eigenvalue weighted by Gasteiger charge is -2.20. The lowest BCUT2D eigenvalue weighted by Crippen LogP contribution is -2.28. The van der Waals surface area contributed by atoms with Gasteiger partial charge in [-0.3, -0.25) is 4.79 Å². The molecule has 0 aliphatic heterocycles. The molecule has 1 amide bonds. The highest BCUT2D eigenvalue weighted by atomic mass is 16.4. The summed E-state index contributed by atoms with van der Waals surface area (Å²) in [6.45, 7) is 4.50. The third-order valence-corrected chi connectivity index (χ3v) is 4.98. The molecule has 136 valence electrons. The van der Waals surface area contributed by atoms with Gasteiger partial charge in [0.15, 0.2) is 0 Å². The Hall–Kier alpha value is -3.34. The molecule has 0 fully saturated rings. The molecule has 0 spiro atoms. The number of carbonyl (C=O) groups excluding carboxylic acids is 1. The van der Waals surface area contributed by atoms with Gasteiger partial charge in [0.2, 0.25) is 0 Å². The van der Waals surface area contributed by atoms with Crippen LogP contribution in [0.4, 0.5) is 5.69 Å². The maximum atomic E-state index is 13.3. The standard InChI is InChI=1S/C22H20N2O3/c1-4-24-18(21(25)23(3)17-11-7-5-9-14(17)2)13-16-20(24)15-10-6-8-12-19(15)27-22(16)26/h5-13H,4H2,1-3H3. The molecule has 5 nitrogen and oxygen atoms in total. The molecule has 0 atom stereocenters. The quantitative estimate of drug-likeness (QED) is 0.510. The van der Waals surface area contributed by atoms with Gasteiger partial charge in [-0.15, -0.1) is 0 Å². The van der Waals surface area contributed by atoms with Crippen molar-refractivity contribution < 1.29 is 9.21 Å². The van der Waals surface area contributed by atoms with Gasteiger partial charge in [0, 0.05) is 24.7 Å². The predicted molar refractivity (Wildman–Crippen MR) is 108 cm³/mol. The first-order valence-electron chi connectivity index (χ1n) is 8.91. The number of rotatable bonds is 3. The molecule has 2 aromatic heterocycles. The van der Waals surface area contributed by atoms with Crippen molar-refractivity contribution in [1.82, 2.24) is 4.57 Å². The van der Waals surface area contributed by atoms with Crippen LogP contribution in [0, 0.1) is 6.92 Å². The molecule has 0 unspecified atom stereocenters. The summed E-state index contributed by atoms with van der Waals surface area (Å²) in [5.41, 5.74) is 3.16. The van der Waals surface area contributed by atoms with E-state index in [2.05, 4.69) is 0 Å². The molecule has 0 aliphatic rings. The first kappa shape index (κ1) is 17.1. The Morgan fingerprint density at radius 2 is 1.78 bits per heavy atom. The molecule has 4 rings (SSSR count). The minimum absolute atomic E-state index is 0.161. The van der Waals surface area contributed by atoms with E-state index in [-0.39, 0.29) is 5.91 Å². The second-order valence-electron chi connectivity index (χ2n) is 6.57. The van der Waals surface area contributed by atoms with E-state index in [1.807, 2.05) is 60.9 Å². The number of para-hydroxylation sites is 2. The molecule has 0 N–H and O–H groups in total. The maximum Gasteiger partial charge on any atom is 0.345 e. The fourth-order valence-electron chi connectivity index (χ4n) is 3.63. The zero-order chi connectivity index (χ0) is 19.1. The average Bonchev–Trinajstić information content (AvgIpc) is 3.08. The van der Waals surface area contributed by atoms with Gasteiger partial charge in [-0.25, -0.2) is 4.79 Å². The zero-order valence-corrected chi connectivity index (χ0v) is 15.5. The number of fused-ring (bicyclic) bond motifs is 3. The van der Waals surface area contributed by atoms with Crippen molar-refractivity contribution in [2.24, 2.45) is 0 Å². The normalized spacial score (nSPS) is 11.2. The highest BCUT2D eigenvalue weighted by molar-refractivity contribution is 6.11. The van der Waals surface area contributed by atoms with E-state index in [0.717, 1.165) is 22.2 Å². The number of hydrogen-bond acceptors (Lipinski definition) is 3. The number of amides is 1. The van der Waals surface area contributed by atoms with Crippen molar-refractivity contribution >= 4 is 33.5 Å². The van der Waals surface area contributed by atoms with E-state index >= 15 is 0 Å². The van der Waals surface area contributed by atoms with Gasteiger partial charge in [-0.05, 0) is 43.7 Å². The van der Waals surface area contributed by atoms with Crippen molar-refractivity contribution in [3.63, 3.8) is 0 Å². The SMILES string of the molecule is CCn1c(C(=O)N(C)c2ccccc2C)cc2c(=O)oc3ccccc3c21. The number of aryl methyl sites for hydroxylation is 2. The molecular weight excluding hydrogens is 340 g/mol. The summed E-state index contributed by atoms with van der Waals surface area (Å²) in [5, 5.41) is 1.25. The van der Waals surface area contributed by atoms with Gasteiger partial charge in [0.1, 0.15) is 11.3 Å². The highest BCUT2D eigenvalue weighted by Gasteiger charge is 2.23. The van der Waals surface area contributed by atoms with Gasteiger partial charge in [-0.2, -0.15) is 0 Å². The van der Waals surface area contributed by atoms with Crippen LogP contribution >= 0.6 is 0 Å². The average molecular weight is 360 g/mol. The molecule has 2 heterocycles. The molecule has 0 bridgehead atoms. The van der Waals surface area contributed by atoms with E-state index in [0.29, 0.717) is 23.2 Å². The van der Waals surface area contributed by atoms with E-state index in [9.17, 15) is 9.59 Å². The minimum atomic E-state index is -0.427. The van der Waals surface area contributed by atoms with Crippen molar-refractivity contribution in [2.45, 2.75) is 20.4 Å². The Morgan fingerprint density at radius 1 is 1.07 bits per heavy atom. The first-order chi connectivity index (χ1) is 13.0. The second-order valence-corrected chi connectivity index (χ2v) is 6.57. The lowest BCUT2D eigenvalue weighted by molar-refractivity contribution is 0.0984. The van der Waals surface area contributed by atoms with Crippen LogP contribution in [0.15, 0.2) is 63.8 Å². The molecule has 0 aliphatic carbocycles. The van der Waals surface area contributed by atoms with Crippen LogP contribution in [0.1, 0.15) is 23.0 Å². The van der Waals surface area contributed by atoms with Crippen molar-refractivity contribution in [3.05, 3.63) is 76.3 Å². The summed E-state index contributed by atoms with van der Waals surface area (Å²) in [6, 6.07) is 16.8. The summed E-state index contributed by atoms with van der Waals surface area (Å²) in [4.78, 5) is 27.4. The van der Waals surface area contributed by atoms with Crippen LogP contribution in [0.5, 0.6) is 0 Å². The maximum absolute atomic E-state index is 13.3. The van der Waals surface area contributed by atoms with Crippen molar-refractivity contribution in [3.8, 4) is 0 Å². The smallest absolute Gasteiger partial charge is 0.345 e. The minimum Gasteiger partial charge on any atom is -0.422 e. The second kappa shape index (κ2) is 6.43. The molecular formula is C22H20N2O3. The zero-order valence-electron chi connectivity index (χ0n) is 15.5. The Labute approximate surface area is 156 Å². The molecule has 0 radical (unpaired) electrons. The summed E-state index contributed by atoms with van der Waals surface area (Å²) in [5.74, 6) is -0.161. The molecule has 4 aromatic rings. The van der Waals surface area contributed by atoms with Crippen LogP contribution in [0.3, 0.4) is 0 Å². The van der Waals surface area contributed by atoms with E-state index in [4.69, 9.17) is 4.42 Å². The number of nitrogens with zero attached hydrogens (tertiary/aromatic N) is 2. The summed E-state index contributed by atoms with van der Waals surface area (Å²) in [7, 11) is 1.75. The van der Waals surface area contributed by atoms with E-state index in [1.165, 1.54) is 0 Å². The topological polar surface area (TPSA) is 55.5 Å². The fourth-order valence-corrected chi connectivity index (χ4v) is 3.63. The molecule has 2 aromatic carbocycles. The van der Waals surface area contributed by atoms with Crippen LogP contribution in [0.2, 0.25) is 0 Å². The molecule has 0 saturated carbocycles. The van der Waals surface area contributed by atoms with Crippen molar-refractivity contribution in [1.29, 1.82) is 0 Å². The molecule has 27 heavy (non-hydrogen) atoms. The van der Waals surface area contributed by atoms with Crippen LogP contribution in [0.25, 0.3) is 21.9 Å². The highest BCUT2D eigenvalue weighted by Crippen LogP contribution is 2.28. The summed E-state index contributed by atoms with van der Waals surface area (Å²) in [6.07, 6.45) is 0. The van der Waals surface area contributed by atoms with Gasteiger partial charge in [0.05, 0.1) is 10.9 Å². The molecule has 0 saturated heterocycles. The monoisotopic (exact) mass is 360 g/mol. The predicted octanol–water partition coefficient (Wildman–Crippen LogP) is 4.35. The Bertz CT molecular complexity index is 1230. The Morgan fingerprint density at radius 3 is 2.52 bits per heavy atom. The number of benzene rings is 2. The van der Waals surface area contributed by atoms with Crippen LogP contribution in [-0.2, 0) is 6.54 Å². The van der Waals surface area contributed by atoms with E-state index < -0.39 is 5.63 Å². The van der Waals surface area contributed by atoms with Crippen LogP contribution < -0.4 is 10.5 Å². The van der Waals surface area contributed by atoms with Gasteiger partial charge < -0.3 is 13.9 Å². The third-order valence-electron chi connectivity index (χ3n) is 4.98. The summed E-state index contributed by atoms with van der Waals surface area (Å²) < 4.78 is 7.33. The van der Waals surface area contributed by atoms with Gasteiger partial charge in [-0.1, -0.05) is 30.3 Å². The number of aromatic nitrogens is 1. The lowest BCUT2D eigenvalue weighted by atomic mass is 10.2. The largest absolute Gasteiger partial charge is 0.422 e. The Balaban J connectivity index is 1.96. The van der Waals surface area contributed by atoms with Gasteiger partial charge >= 0.3 is 5.63 Å². The number of anilines is 1. The third kappa shape index (κ3) is 2.63. The van der Waals surface area contributed by atoms with E-state index in [1.54, 1.807) is 24.1 Å². The Kier molecular flexibility index (Phi) is 4.07. The van der Waals surface area contributed by atoms with Crippen LogP contribution in [-0.4, -0.2) is 17.5 Å². The first-order valence-corrected chi connectivity index (χ1v) is 8.91. The van der Waals surface area contributed by atoms with Crippen molar-refractivity contribution in [2.75, 3.05) is 11.9 Å². The van der Waals surface area contributed by atoms with Gasteiger partial charge in [0.25, 0.3) is 5.91 Å².